The number of carbonyl (C=O) groups excluding carboxylic acids is 1. The monoisotopic (exact) mass is 440 g/mol. The first-order valence-electron chi connectivity index (χ1n) is 12.3. The average molecular weight is 441 g/mol. The molecule has 0 bridgehead atoms. The van der Waals surface area contributed by atoms with Crippen molar-refractivity contribution in [3.63, 3.8) is 0 Å². The SMILES string of the molecule is CC1C(Oc2ccc([N+](=O)[O-])cc2)C2N(C)C(=O)CC[C@]2(C)[C@@H]2CC[C@]3(C)CCC[C@H]3[C@H]12. The maximum atomic E-state index is 12.8. The Morgan fingerprint density at radius 1 is 1.09 bits per heavy atom. The highest BCUT2D eigenvalue weighted by atomic mass is 16.6. The fourth-order valence-electron chi connectivity index (χ4n) is 8.47. The van der Waals surface area contributed by atoms with Crippen LogP contribution in [0.4, 0.5) is 5.69 Å². The highest BCUT2D eigenvalue weighted by Gasteiger charge is 2.64. The van der Waals surface area contributed by atoms with Crippen LogP contribution < -0.4 is 4.74 Å². The second-order valence-electron chi connectivity index (χ2n) is 11.5. The number of rotatable bonds is 3. The number of likely N-dealkylation sites (N-methyl/N-ethyl adjacent to an activating group) is 1. The van der Waals surface area contributed by atoms with Gasteiger partial charge >= 0.3 is 0 Å². The normalized spacial score (nSPS) is 43.2. The summed E-state index contributed by atoms with van der Waals surface area (Å²) >= 11 is 0. The van der Waals surface area contributed by atoms with Crippen LogP contribution in [-0.2, 0) is 4.79 Å². The second kappa shape index (κ2) is 7.46. The topological polar surface area (TPSA) is 72.7 Å². The van der Waals surface area contributed by atoms with Crippen LogP contribution in [0.5, 0.6) is 5.75 Å². The molecule has 3 unspecified atom stereocenters. The summed E-state index contributed by atoms with van der Waals surface area (Å²) in [5.41, 5.74) is 0.542. The van der Waals surface area contributed by atoms with Gasteiger partial charge in [-0.1, -0.05) is 27.2 Å². The Balaban J connectivity index is 1.54. The molecule has 1 aromatic carbocycles. The number of benzene rings is 1. The summed E-state index contributed by atoms with van der Waals surface area (Å²) in [4.78, 5) is 25.5. The van der Waals surface area contributed by atoms with Crippen LogP contribution in [0.1, 0.15) is 65.7 Å². The van der Waals surface area contributed by atoms with Crippen LogP contribution in [0.25, 0.3) is 0 Å². The van der Waals surface area contributed by atoms with Gasteiger partial charge in [-0.3, -0.25) is 14.9 Å². The lowest BCUT2D eigenvalue weighted by molar-refractivity contribution is -0.384. The van der Waals surface area contributed by atoms with Crippen molar-refractivity contribution in [2.45, 2.75) is 77.9 Å². The predicted octanol–water partition coefficient (Wildman–Crippen LogP) is 5.45. The van der Waals surface area contributed by atoms with Gasteiger partial charge in [-0.15, -0.1) is 0 Å². The Morgan fingerprint density at radius 2 is 1.81 bits per heavy atom. The third kappa shape index (κ3) is 3.08. The summed E-state index contributed by atoms with van der Waals surface area (Å²) in [6.45, 7) is 7.25. The first kappa shape index (κ1) is 21.7. The van der Waals surface area contributed by atoms with E-state index in [0.29, 0.717) is 35.3 Å². The number of hydrogen-bond donors (Lipinski definition) is 0. The molecule has 6 nitrogen and oxygen atoms in total. The molecular formula is C26H36N2O4. The molecule has 1 aromatic rings. The molecule has 3 saturated carbocycles. The fourth-order valence-corrected chi connectivity index (χ4v) is 8.47. The van der Waals surface area contributed by atoms with Crippen molar-refractivity contribution in [1.29, 1.82) is 0 Å². The summed E-state index contributed by atoms with van der Waals surface area (Å²) in [6, 6.07) is 6.46. The molecule has 0 aromatic heterocycles. The maximum Gasteiger partial charge on any atom is 0.269 e. The van der Waals surface area contributed by atoms with Gasteiger partial charge in [-0.05, 0) is 78.7 Å². The van der Waals surface area contributed by atoms with Crippen molar-refractivity contribution in [1.82, 2.24) is 4.90 Å². The first-order valence-corrected chi connectivity index (χ1v) is 12.3. The lowest BCUT2D eigenvalue weighted by Gasteiger charge is -2.65. The molecule has 6 heteroatoms. The Bertz CT molecular complexity index is 917. The van der Waals surface area contributed by atoms with Crippen molar-refractivity contribution in [2.24, 2.45) is 34.5 Å². The van der Waals surface area contributed by atoms with Crippen LogP contribution >= 0.6 is 0 Å². The summed E-state index contributed by atoms with van der Waals surface area (Å²) < 4.78 is 6.67. The van der Waals surface area contributed by atoms with Crippen LogP contribution in [0, 0.1) is 44.6 Å². The third-order valence-electron chi connectivity index (χ3n) is 10.1. The van der Waals surface area contributed by atoms with E-state index >= 15 is 0 Å². The molecule has 1 aliphatic heterocycles. The zero-order chi connectivity index (χ0) is 22.8. The van der Waals surface area contributed by atoms with Crippen molar-refractivity contribution >= 4 is 11.6 Å². The van der Waals surface area contributed by atoms with Gasteiger partial charge in [0, 0.05) is 25.6 Å². The second-order valence-corrected chi connectivity index (χ2v) is 11.5. The average Bonchev–Trinajstić information content (AvgIpc) is 3.16. The number of non-ortho nitro benzene ring substituents is 1. The van der Waals surface area contributed by atoms with E-state index in [9.17, 15) is 14.9 Å². The van der Waals surface area contributed by atoms with Crippen LogP contribution in [0.2, 0.25) is 0 Å². The van der Waals surface area contributed by atoms with E-state index in [1.807, 2.05) is 11.9 Å². The predicted molar refractivity (Wildman–Crippen MR) is 122 cm³/mol. The number of piperidine rings is 1. The van der Waals surface area contributed by atoms with Crippen molar-refractivity contribution in [3.05, 3.63) is 34.4 Å². The molecule has 8 atom stereocenters. The van der Waals surface area contributed by atoms with Gasteiger partial charge in [0.05, 0.1) is 11.0 Å². The van der Waals surface area contributed by atoms with Crippen LogP contribution in [0.15, 0.2) is 24.3 Å². The molecule has 1 amide bonds. The lowest BCUT2D eigenvalue weighted by Crippen LogP contribution is -2.69. The molecule has 0 radical (unpaired) electrons. The molecule has 4 aliphatic rings. The summed E-state index contributed by atoms with van der Waals surface area (Å²) in [5.74, 6) is 3.12. The summed E-state index contributed by atoms with van der Waals surface area (Å²) in [6.07, 6.45) is 7.96. The molecule has 0 N–H and O–H groups in total. The number of likely N-dealkylation sites (tertiary alicyclic amines) is 1. The Morgan fingerprint density at radius 3 is 2.50 bits per heavy atom. The van der Waals surface area contributed by atoms with E-state index in [4.69, 9.17) is 4.74 Å². The highest BCUT2D eigenvalue weighted by molar-refractivity contribution is 5.77. The van der Waals surface area contributed by atoms with Gasteiger partial charge < -0.3 is 9.64 Å². The highest BCUT2D eigenvalue weighted by Crippen LogP contribution is 2.66. The maximum absolute atomic E-state index is 12.8. The minimum Gasteiger partial charge on any atom is -0.488 e. The minimum atomic E-state index is -0.384. The molecular weight excluding hydrogens is 404 g/mol. The Labute approximate surface area is 190 Å². The molecule has 1 saturated heterocycles. The van der Waals surface area contributed by atoms with Gasteiger partial charge in [0.1, 0.15) is 11.9 Å². The molecule has 0 spiro atoms. The fraction of sp³-hybridized carbons (Fsp3) is 0.731. The minimum absolute atomic E-state index is 0.0287. The quantitative estimate of drug-likeness (QED) is 0.463. The Hall–Kier alpha value is -2.11. The van der Waals surface area contributed by atoms with Crippen LogP contribution in [0.3, 0.4) is 0 Å². The lowest BCUT2D eigenvalue weighted by atomic mass is 9.44. The third-order valence-corrected chi connectivity index (χ3v) is 10.1. The van der Waals surface area contributed by atoms with Gasteiger partial charge in [0.2, 0.25) is 5.91 Å². The summed E-state index contributed by atoms with van der Waals surface area (Å²) in [5, 5.41) is 11.1. The molecule has 4 fully saturated rings. The molecule has 5 rings (SSSR count). The van der Waals surface area contributed by atoms with Crippen molar-refractivity contribution in [3.8, 4) is 5.75 Å². The number of nitro groups is 1. The number of nitrogens with zero attached hydrogens (tertiary/aromatic N) is 2. The van der Waals surface area contributed by atoms with E-state index in [-0.39, 0.29) is 34.1 Å². The number of hydrogen-bond acceptors (Lipinski definition) is 4. The standard InChI is InChI=1S/C26H36N2O4/c1-16-22-19-6-5-13-25(19,2)14-11-20(22)26(3)15-12-21(29)27(4)24(26)23(16)32-18-9-7-17(8-10-18)28(30)31/h7-10,16,19-20,22-24H,5-6,11-15H2,1-4H3/t16?,19-,20+,22-,23?,24?,25-,26+/m0/s1. The first-order chi connectivity index (χ1) is 15.2. The number of nitro benzene ring substituents is 1. The molecule has 1 heterocycles. The van der Waals surface area contributed by atoms with E-state index in [1.165, 1.54) is 44.2 Å². The van der Waals surface area contributed by atoms with Crippen molar-refractivity contribution in [2.75, 3.05) is 7.05 Å². The largest absolute Gasteiger partial charge is 0.488 e. The van der Waals surface area contributed by atoms with Crippen molar-refractivity contribution < 1.29 is 14.5 Å². The number of ether oxygens (including phenoxy) is 1. The van der Waals surface area contributed by atoms with E-state index in [0.717, 1.165) is 12.3 Å². The number of amides is 1. The summed E-state index contributed by atoms with van der Waals surface area (Å²) in [7, 11) is 1.95. The van der Waals surface area contributed by atoms with E-state index in [2.05, 4.69) is 20.8 Å². The van der Waals surface area contributed by atoms with E-state index in [1.54, 1.807) is 12.1 Å². The van der Waals surface area contributed by atoms with Gasteiger partial charge in [0.25, 0.3) is 5.69 Å². The number of carbonyl (C=O) groups is 1. The molecule has 3 aliphatic carbocycles. The van der Waals surface area contributed by atoms with Crippen LogP contribution in [-0.4, -0.2) is 34.9 Å². The zero-order valence-corrected chi connectivity index (χ0v) is 19.8. The number of fused-ring (bicyclic) bond motifs is 5. The van der Waals surface area contributed by atoms with Gasteiger partial charge in [-0.25, -0.2) is 0 Å². The molecule has 174 valence electrons. The van der Waals surface area contributed by atoms with Gasteiger partial charge in [0.15, 0.2) is 0 Å². The van der Waals surface area contributed by atoms with E-state index < -0.39 is 0 Å². The zero-order valence-electron chi connectivity index (χ0n) is 19.8. The Kier molecular flexibility index (Phi) is 5.06. The molecule has 32 heavy (non-hydrogen) atoms. The smallest absolute Gasteiger partial charge is 0.269 e. The van der Waals surface area contributed by atoms with Gasteiger partial charge in [-0.2, -0.15) is 0 Å².